The molecule has 0 atom stereocenters. The molecule has 1 aromatic rings. The first-order chi connectivity index (χ1) is 7.66. The number of methoxy groups -OCH3 is 2. The molecule has 0 radical (unpaired) electrons. The van der Waals surface area contributed by atoms with Crippen LogP contribution in [0.1, 0.15) is 18.4 Å². The second-order valence-corrected chi connectivity index (χ2v) is 4.85. The molecule has 0 amide bonds. The van der Waals surface area contributed by atoms with Gasteiger partial charge in [-0.1, -0.05) is 0 Å². The van der Waals surface area contributed by atoms with E-state index in [0.29, 0.717) is 0 Å². The molecule has 2 N–H and O–H groups in total. The van der Waals surface area contributed by atoms with E-state index in [1.807, 2.05) is 18.4 Å². The fourth-order valence-corrected chi connectivity index (χ4v) is 2.63. The van der Waals surface area contributed by atoms with E-state index in [-0.39, 0.29) is 5.54 Å². The van der Waals surface area contributed by atoms with Crippen LogP contribution in [0.4, 0.5) is 0 Å². The van der Waals surface area contributed by atoms with Crippen molar-refractivity contribution in [3.63, 3.8) is 0 Å². The maximum atomic E-state index is 6.23. The van der Waals surface area contributed by atoms with Gasteiger partial charge >= 0.3 is 0 Å². The zero-order valence-electron chi connectivity index (χ0n) is 9.87. The van der Waals surface area contributed by atoms with Crippen molar-refractivity contribution < 1.29 is 9.47 Å². The van der Waals surface area contributed by atoms with E-state index >= 15 is 0 Å². The van der Waals surface area contributed by atoms with E-state index < -0.39 is 0 Å². The monoisotopic (exact) mass is 239 g/mol. The van der Waals surface area contributed by atoms with Crippen LogP contribution >= 0.6 is 11.8 Å². The predicted molar refractivity (Wildman–Crippen MR) is 66.4 cm³/mol. The van der Waals surface area contributed by atoms with Crippen LogP contribution in [0.25, 0.3) is 0 Å². The summed E-state index contributed by atoms with van der Waals surface area (Å²) in [7, 11) is 3.35. The molecule has 0 heterocycles. The van der Waals surface area contributed by atoms with Crippen molar-refractivity contribution in [3.8, 4) is 11.5 Å². The average molecular weight is 239 g/mol. The van der Waals surface area contributed by atoms with E-state index in [1.54, 1.807) is 26.0 Å². The molecule has 2 rings (SSSR count). The van der Waals surface area contributed by atoms with Gasteiger partial charge in [0.15, 0.2) is 0 Å². The molecule has 88 valence electrons. The van der Waals surface area contributed by atoms with Gasteiger partial charge in [0.05, 0.1) is 19.1 Å². The van der Waals surface area contributed by atoms with Crippen LogP contribution in [0.15, 0.2) is 17.0 Å². The van der Waals surface area contributed by atoms with Crippen molar-refractivity contribution in [2.75, 3.05) is 20.5 Å². The molecular formula is C12H17NO2S. The number of hydrogen-bond acceptors (Lipinski definition) is 4. The molecular weight excluding hydrogens is 222 g/mol. The van der Waals surface area contributed by atoms with E-state index in [2.05, 4.69) is 0 Å². The summed E-state index contributed by atoms with van der Waals surface area (Å²) >= 11 is 1.62. The minimum atomic E-state index is -0.178. The minimum absolute atomic E-state index is 0.178. The number of thioether (sulfide) groups is 1. The first-order valence-corrected chi connectivity index (χ1v) is 6.47. The number of hydrogen-bond donors (Lipinski definition) is 1. The van der Waals surface area contributed by atoms with Gasteiger partial charge in [-0.25, -0.2) is 0 Å². The minimum Gasteiger partial charge on any atom is -0.495 e. The van der Waals surface area contributed by atoms with Crippen molar-refractivity contribution in [1.29, 1.82) is 0 Å². The molecule has 3 nitrogen and oxygen atoms in total. The Kier molecular flexibility index (Phi) is 3.04. The summed E-state index contributed by atoms with van der Waals surface area (Å²) in [5.74, 6) is 1.71. The fourth-order valence-electron chi connectivity index (χ4n) is 1.90. The first-order valence-electron chi connectivity index (χ1n) is 5.24. The Hall–Kier alpha value is -0.870. The van der Waals surface area contributed by atoms with Crippen molar-refractivity contribution in [3.05, 3.63) is 17.7 Å². The molecule has 0 saturated heterocycles. The highest BCUT2D eigenvalue weighted by Crippen LogP contribution is 2.50. The van der Waals surface area contributed by atoms with Gasteiger partial charge in [0.1, 0.15) is 11.5 Å². The lowest BCUT2D eigenvalue weighted by molar-refractivity contribution is 0.370. The van der Waals surface area contributed by atoms with Crippen LogP contribution in [0.2, 0.25) is 0 Å². The number of nitrogens with two attached hydrogens (primary N) is 1. The van der Waals surface area contributed by atoms with Gasteiger partial charge in [-0.2, -0.15) is 0 Å². The Morgan fingerprint density at radius 2 is 1.94 bits per heavy atom. The summed E-state index contributed by atoms with van der Waals surface area (Å²) in [6.07, 6.45) is 4.08. The van der Waals surface area contributed by atoms with Crippen LogP contribution in [0.3, 0.4) is 0 Å². The number of benzene rings is 1. The molecule has 0 aromatic heterocycles. The Labute approximate surface area is 100 Å². The van der Waals surface area contributed by atoms with Crippen LogP contribution in [0, 0.1) is 0 Å². The lowest BCUT2D eigenvalue weighted by Crippen LogP contribution is -2.20. The molecule has 0 unspecified atom stereocenters. The van der Waals surface area contributed by atoms with E-state index in [1.165, 1.54) is 0 Å². The second kappa shape index (κ2) is 4.18. The molecule has 0 aliphatic heterocycles. The summed E-state index contributed by atoms with van der Waals surface area (Å²) in [5, 5.41) is 0. The number of ether oxygens (including phenoxy) is 2. The van der Waals surface area contributed by atoms with Crippen LogP contribution < -0.4 is 15.2 Å². The zero-order chi connectivity index (χ0) is 11.8. The molecule has 0 spiro atoms. The molecule has 1 aliphatic carbocycles. The Morgan fingerprint density at radius 1 is 1.25 bits per heavy atom. The summed E-state index contributed by atoms with van der Waals surface area (Å²) in [5.41, 5.74) is 7.15. The SMILES string of the molecule is COc1ccc(C2(N)CC2)c(OC)c1SC. The predicted octanol–water partition coefficient (Wildman–Crippen LogP) is 2.37. The van der Waals surface area contributed by atoms with Gasteiger partial charge in [0.25, 0.3) is 0 Å². The highest BCUT2D eigenvalue weighted by molar-refractivity contribution is 7.98. The van der Waals surface area contributed by atoms with Crippen molar-refractivity contribution in [2.24, 2.45) is 5.73 Å². The molecule has 4 heteroatoms. The van der Waals surface area contributed by atoms with Crippen molar-refractivity contribution in [2.45, 2.75) is 23.3 Å². The maximum Gasteiger partial charge on any atom is 0.141 e. The van der Waals surface area contributed by atoms with Gasteiger partial charge in [-0.3, -0.25) is 0 Å². The number of rotatable bonds is 4. The average Bonchev–Trinajstić information content (AvgIpc) is 3.06. The van der Waals surface area contributed by atoms with Crippen LogP contribution in [-0.2, 0) is 5.54 Å². The highest BCUT2D eigenvalue weighted by atomic mass is 32.2. The summed E-state index contributed by atoms with van der Waals surface area (Å²) in [6.45, 7) is 0. The Balaban J connectivity index is 2.55. The lowest BCUT2D eigenvalue weighted by Gasteiger charge is -2.18. The zero-order valence-corrected chi connectivity index (χ0v) is 10.7. The standard InChI is InChI=1S/C12H17NO2S/c1-14-9-5-4-8(12(13)6-7-12)10(15-2)11(9)16-3/h4-5H,6-7,13H2,1-3H3. The third-order valence-electron chi connectivity index (χ3n) is 3.03. The summed E-state index contributed by atoms with van der Waals surface area (Å²) in [4.78, 5) is 1.03. The highest BCUT2D eigenvalue weighted by Gasteiger charge is 2.43. The van der Waals surface area contributed by atoms with Gasteiger partial charge < -0.3 is 15.2 Å². The lowest BCUT2D eigenvalue weighted by atomic mass is 10.0. The molecule has 1 aliphatic rings. The van der Waals surface area contributed by atoms with Gasteiger partial charge in [-0.05, 0) is 31.2 Å². The van der Waals surface area contributed by atoms with Gasteiger partial charge in [0.2, 0.25) is 0 Å². The first kappa shape index (κ1) is 11.6. The van der Waals surface area contributed by atoms with Crippen molar-refractivity contribution >= 4 is 11.8 Å². The normalized spacial score (nSPS) is 17.0. The van der Waals surface area contributed by atoms with Crippen LogP contribution in [-0.4, -0.2) is 20.5 Å². The Morgan fingerprint density at radius 3 is 2.38 bits per heavy atom. The largest absolute Gasteiger partial charge is 0.495 e. The summed E-state index contributed by atoms with van der Waals surface area (Å²) < 4.78 is 10.8. The van der Waals surface area contributed by atoms with E-state index in [0.717, 1.165) is 34.8 Å². The van der Waals surface area contributed by atoms with E-state index in [4.69, 9.17) is 15.2 Å². The smallest absolute Gasteiger partial charge is 0.141 e. The van der Waals surface area contributed by atoms with Crippen molar-refractivity contribution in [1.82, 2.24) is 0 Å². The second-order valence-electron chi connectivity index (χ2n) is 4.04. The van der Waals surface area contributed by atoms with Gasteiger partial charge in [-0.15, -0.1) is 11.8 Å². The summed E-state index contributed by atoms with van der Waals surface area (Å²) in [6, 6.07) is 3.99. The third kappa shape index (κ3) is 1.76. The quantitative estimate of drug-likeness (QED) is 0.819. The maximum absolute atomic E-state index is 6.23. The molecule has 1 fully saturated rings. The molecule has 1 saturated carbocycles. The van der Waals surface area contributed by atoms with Crippen LogP contribution in [0.5, 0.6) is 11.5 Å². The fraction of sp³-hybridized carbons (Fsp3) is 0.500. The molecule has 1 aromatic carbocycles. The third-order valence-corrected chi connectivity index (χ3v) is 3.82. The van der Waals surface area contributed by atoms with Gasteiger partial charge in [0, 0.05) is 11.1 Å². The molecule has 16 heavy (non-hydrogen) atoms. The topological polar surface area (TPSA) is 44.5 Å². The van der Waals surface area contributed by atoms with E-state index in [9.17, 15) is 0 Å². The Bertz CT molecular complexity index is 402. The molecule has 0 bridgehead atoms.